The number of benzene rings is 3. The summed E-state index contributed by atoms with van der Waals surface area (Å²) in [7, 11) is 0. The van der Waals surface area contributed by atoms with Crippen molar-refractivity contribution in [3.63, 3.8) is 0 Å². The van der Waals surface area contributed by atoms with Crippen molar-refractivity contribution in [2.24, 2.45) is 0 Å². The van der Waals surface area contributed by atoms with Crippen molar-refractivity contribution >= 4 is 76.0 Å². The van der Waals surface area contributed by atoms with Crippen molar-refractivity contribution in [2.45, 2.75) is 6.92 Å². The van der Waals surface area contributed by atoms with E-state index in [4.69, 9.17) is 39.5 Å². The normalized spacial score (nSPS) is 14.5. The second-order valence-electron chi connectivity index (χ2n) is 7.89. The number of rotatable bonds is 6. The monoisotopic (exact) mass is 557 g/mol. The minimum absolute atomic E-state index is 0.238. The molecule has 1 aliphatic rings. The zero-order valence-electron chi connectivity index (χ0n) is 19.2. The second kappa shape index (κ2) is 11.0. The van der Waals surface area contributed by atoms with E-state index in [1.165, 1.54) is 18.2 Å². The smallest absolute Gasteiger partial charge is 0.335 e. The Hall–Kier alpha value is -3.85. The van der Waals surface area contributed by atoms with Crippen molar-refractivity contribution in [1.29, 1.82) is 0 Å². The lowest BCUT2D eigenvalue weighted by Crippen LogP contribution is -2.54. The molecule has 0 aromatic heterocycles. The highest BCUT2D eigenvalue weighted by Gasteiger charge is 2.37. The average Bonchev–Trinajstić information content (AvgIpc) is 2.85. The first-order valence-corrected chi connectivity index (χ1v) is 11.9. The number of barbiturate groups is 1. The Kier molecular flexibility index (Phi) is 7.83. The molecule has 0 radical (unpaired) electrons. The third-order valence-corrected chi connectivity index (χ3v) is 6.27. The molecule has 1 saturated heterocycles. The molecular formula is C26H18Cl3N3O5. The summed E-state index contributed by atoms with van der Waals surface area (Å²) in [5, 5.41) is 5.77. The summed E-state index contributed by atoms with van der Waals surface area (Å²) < 4.78 is 5.65. The Morgan fingerprint density at radius 1 is 1.00 bits per heavy atom. The summed E-state index contributed by atoms with van der Waals surface area (Å²) in [6.07, 6.45) is 1.29. The molecule has 3 aromatic rings. The number of aryl methyl sites for hydroxylation is 1. The predicted octanol–water partition coefficient (Wildman–Crippen LogP) is 5.64. The van der Waals surface area contributed by atoms with Crippen LogP contribution in [0.3, 0.4) is 0 Å². The highest BCUT2D eigenvalue weighted by atomic mass is 35.5. The SMILES string of the molecule is Cc1ccc(Cl)cc1N1C(=O)NC(=O)/C(=C\c2ccccc2OCC(=O)Nc2ccc(Cl)c(Cl)c2)C1=O. The van der Waals surface area contributed by atoms with Crippen LogP contribution in [0.5, 0.6) is 5.75 Å². The van der Waals surface area contributed by atoms with E-state index in [0.29, 0.717) is 26.9 Å². The van der Waals surface area contributed by atoms with Gasteiger partial charge in [0.15, 0.2) is 6.61 Å². The van der Waals surface area contributed by atoms with Crippen LogP contribution in [0, 0.1) is 6.92 Å². The molecule has 0 saturated carbocycles. The molecule has 188 valence electrons. The molecular weight excluding hydrogens is 541 g/mol. The molecule has 11 heteroatoms. The molecule has 0 aliphatic carbocycles. The van der Waals surface area contributed by atoms with Crippen molar-refractivity contribution in [2.75, 3.05) is 16.8 Å². The van der Waals surface area contributed by atoms with Gasteiger partial charge in [0.1, 0.15) is 11.3 Å². The van der Waals surface area contributed by atoms with Crippen LogP contribution in [-0.2, 0) is 14.4 Å². The minimum Gasteiger partial charge on any atom is -0.483 e. The van der Waals surface area contributed by atoms with Crippen molar-refractivity contribution in [1.82, 2.24) is 5.32 Å². The number of hydrogen-bond acceptors (Lipinski definition) is 5. The second-order valence-corrected chi connectivity index (χ2v) is 9.14. The van der Waals surface area contributed by atoms with Gasteiger partial charge in [-0.25, -0.2) is 9.69 Å². The van der Waals surface area contributed by atoms with Crippen molar-refractivity contribution in [3.05, 3.63) is 92.4 Å². The molecule has 0 atom stereocenters. The van der Waals surface area contributed by atoms with Gasteiger partial charge in [-0.3, -0.25) is 19.7 Å². The summed E-state index contributed by atoms with van der Waals surface area (Å²) in [6, 6.07) is 15.0. The van der Waals surface area contributed by atoms with E-state index in [0.717, 1.165) is 4.90 Å². The van der Waals surface area contributed by atoms with Crippen molar-refractivity contribution in [3.8, 4) is 5.75 Å². The zero-order chi connectivity index (χ0) is 26.7. The van der Waals surface area contributed by atoms with E-state index < -0.39 is 23.8 Å². The third kappa shape index (κ3) is 5.94. The lowest BCUT2D eigenvalue weighted by Gasteiger charge is -2.27. The fourth-order valence-corrected chi connectivity index (χ4v) is 3.97. The number of carbonyl (C=O) groups is 4. The first-order chi connectivity index (χ1) is 17.6. The number of nitrogens with one attached hydrogen (secondary N) is 2. The molecule has 8 nitrogen and oxygen atoms in total. The van der Waals surface area contributed by atoms with E-state index in [2.05, 4.69) is 10.6 Å². The molecule has 0 unspecified atom stereocenters. The van der Waals surface area contributed by atoms with Gasteiger partial charge in [-0.2, -0.15) is 0 Å². The van der Waals surface area contributed by atoms with Crippen LogP contribution in [-0.4, -0.2) is 30.4 Å². The van der Waals surface area contributed by atoms with Gasteiger partial charge in [0.2, 0.25) is 0 Å². The molecule has 1 aliphatic heterocycles. The number of imide groups is 2. The maximum Gasteiger partial charge on any atom is 0.335 e. The summed E-state index contributed by atoms with van der Waals surface area (Å²) in [5.74, 6) is -1.92. The van der Waals surface area contributed by atoms with Gasteiger partial charge >= 0.3 is 6.03 Å². The summed E-state index contributed by atoms with van der Waals surface area (Å²) in [4.78, 5) is 51.6. The third-order valence-electron chi connectivity index (χ3n) is 5.29. The van der Waals surface area contributed by atoms with Gasteiger partial charge < -0.3 is 10.1 Å². The minimum atomic E-state index is -0.888. The molecule has 0 spiro atoms. The largest absolute Gasteiger partial charge is 0.483 e. The fraction of sp³-hybridized carbons (Fsp3) is 0.0769. The first kappa shape index (κ1) is 26.2. The molecule has 1 fully saturated rings. The van der Waals surface area contributed by atoms with Crippen LogP contribution in [0.4, 0.5) is 16.2 Å². The highest BCUT2D eigenvalue weighted by Crippen LogP contribution is 2.29. The van der Waals surface area contributed by atoms with Gasteiger partial charge in [-0.1, -0.05) is 59.1 Å². The molecule has 1 heterocycles. The number of carbonyl (C=O) groups excluding carboxylic acids is 4. The first-order valence-electron chi connectivity index (χ1n) is 10.8. The maximum absolute atomic E-state index is 13.3. The molecule has 0 bridgehead atoms. The summed E-state index contributed by atoms with van der Waals surface area (Å²) in [5.41, 5.74) is 1.34. The molecule has 3 aromatic carbocycles. The quantitative estimate of drug-likeness (QED) is 0.301. The van der Waals surface area contributed by atoms with Crippen LogP contribution in [0.25, 0.3) is 6.08 Å². The number of urea groups is 1. The standard InChI is InChI=1S/C26H18Cl3N3O5/c1-14-6-7-16(27)11-21(14)32-25(35)18(24(34)31-26(32)36)10-15-4-2-3-5-22(15)37-13-23(33)30-17-8-9-19(28)20(29)12-17/h2-12H,13H2,1H3,(H,30,33)(H,31,34,36)/b18-10+. The number of nitrogens with zero attached hydrogens (tertiary/aromatic N) is 1. The molecule has 2 N–H and O–H groups in total. The Labute approximate surface area is 226 Å². The van der Waals surface area contributed by atoms with E-state index in [1.807, 2.05) is 0 Å². The van der Waals surface area contributed by atoms with Crippen LogP contribution in [0.2, 0.25) is 15.1 Å². The number of amides is 5. The number of para-hydroxylation sites is 1. The Balaban J connectivity index is 1.56. The van der Waals surface area contributed by atoms with Gasteiger partial charge in [0.05, 0.1) is 15.7 Å². The van der Waals surface area contributed by atoms with E-state index in [1.54, 1.807) is 55.5 Å². The van der Waals surface area contributed by atoms with E-state index in [9.17, 15) is 19.2 Å². The number of halogens is 3. The Bertz CT molecular complexity index is 1470. The van der Waals surface area contributed by atoms with Gasteiger partial charge in [-0.05, 0) is 55.0 Å². The topological polar surface area (TPSA) is 105 Å². The highest BCUT2D eigenvalue weighted by molar-refractivity contribution is 6.42. The predicted molar refractivity (Wildman–Crippen MR) is 142 cm³/mol. The molecule has 4 rings (SSSR count). The summed E-state index contributed by atoms with van der Waals surface area (Å²) >= 11 is 17.9. The van der Waals surface area contributed by atoms with Crippen LogP contribution >= 0.6 is 34.8 Å². The number of ether oxygens (including phenoxy) is 1. The number of hydrogen-bond donors (Lipinski definition) is 2. The van der Waals surface area contributed by atoms with Crippen LogP contribution in [0.1, 0.15) is 11.1 Å². The van der Waals surface area contributed by atoms with Gasteiger partial charge in [-0.15, -0.1) is 0 Å². The fourth-order valence-electron chi connectivity index (χ4n) is 3.50. The van der Waals surface area contributed by atoms with Gasteiger partial charge in [0.25, 0.3) is 17.7 Å². The van der Waals surface area contributed by atoms with E-state index >= 15 is 0 Å². The Morgan fingerprint density at radius 3 is 2.51 bits per heavy atom. The maximum atomic E-state index is 13.3. The zero-order valence-corrected chi connectivity index (χ0v) is 21.4. The summed E-state index contributed by atoms with van der Waals surface area (Å²) in [6.45, 7) is 1.34. The molecule has 37 heavy (non-hydrogen) atoms. The van der Waals surface area contributed by atoms with Crippen molar-refractivity contribution < 1.29 is 23.9 Å². The lowest BCUT2D eigenvalue weighted by atomic mass is 10.1. The van der Waals surface area contributed by atoms with Gasteiger partial charge in [0, 0.05) is 16.3 Å². The molecule has 5 amide bonds. The van der Waals surface area contributed by atoms with Crippen LogP contribution in [0.15, 0.2) is 66.2 Å². The number of anilines is 2. The lowest BCUT2D eigenvalue weighted by molar-refractivity contribution is -0.122. The van der Waals surface area contributed by atoms with E-state index in [-0.39, 0.29) is 28.6 Å². The van der Waals surface area contributed by atoms with Crippen LogP contribution < -0.4 is 20.3 Å². The average molecular weight is 559 g/mol. The Morgan fingerprint density at radius 2 is 1.76 bits per heavy atom.